The molecule has 120 valence electrons. The average Bonchev–Trinajstić information content (AvgIpc) is 2.55. The van der Waals surface area contributed by atoms with Gasteiger partial charge < -0.3 is 5.32 Å². The number of aryl methyl sites for hydroxylation is 1. The summed E-state index contributed by atoms with van der Waals surface area (Å²) < 4.78 is 24.4. The van der Waals surface area contributed by atoms with Crippen molar-refractivity contribution >= 4 is 15.7 Å². The third kappa shape index (κ3) is 3.59. The molecule has 1 aliphatic carbocycles. The van der Waals surface area contributed by atoms with Gasteiger partial charge in [-0.2, -0.15) is 0 Å². The van der Waals surface area contributed by atoms with Crippen LogP contribution >= 0.6 is 0 Å². The second kappa shape index (κ2) is 6.50. The molecule has 0 unspecified atom stereocenters. The molecule has 1 heterocycles. The minimum atomic E-state index is -3.71. The van der Waals surface area contributed by atoms with Crippen molar-refractivity contribution < 1.29 is 13.2 Å². The van der Waals surface area contributed by atoms with E-state index in [4.69, 9.17) is 0 Å². The molecule has 0 saturated heterocycles. The van der Waals surface area contributed by atoms with Crippen LogP contribution in [0, 0.1) is 0 Å². The highest BCUT2D eigenvalue weighted by Crippen LogP contribution is 2.29. The lowest BCUT2D eigenvalue weighted by Crippen LogP contribution is -2.35. The lowest BCUT2D eigenvalue weighted by atomic mass is 9.88. The Morgan fingerprint density at radius 2 is 1.96 bits per heavy atom. The quantitative estimate of drug-likeness (QED) is 0.931. The highest BCUT2D eigenvalue weighted by atomic mass is 32.2. The van der Waals surface area contributed by atoms with E-state index in [1.54, 1.807) is 12.1 Å². The fourth-order valence-electron chi connectivity index (χ4n) is 2.92. The Hall–Kier alpha value is -2.21. The molecule has 0 fully saturated rings. The SMILES string of the molecule is O=C(CS(=O)(=O)c1ccccn1)N[C@@H]1CCCc2ccccc21. The molecule has 2 aromatic rings. The number of aromatic nitrogens is 1. The van der Waals surface area contributed by atoms with Crippen LogP contribution in [0.1, 0.15) is 30.0 Å². The zero-order valence-electron chi connectivity index (χ0n) is 12.6. The fourth-order valence-corrected chi connectivity index (χ4v) is 4.00. The maximum Gasteiger partial charge on any atom is 0.236 e. The van der Waals surface area contributed by atoms with Gasteiger partial charge >= 0.3 is 0 Å². The largest absolute Gasteiger partial charge is 0.348 e. The molecule has 5 nitrogen and oxygen atoms in total. The predicted molar refractivity (Wildman–Crippen MR) is 86.6 cm³/mol. The highest BCUT2D eigenvalue weighted by Gasteiger charge is 2.25. The molecule has 1 N–H and O–H groups in total. The zero-order valence-corrected chi connectivity index (χ0v) is 13.4. The molecule has 1 aromatic heterocycles. The third-order valence-corrected chi connectivity index (χ3v) is 5.50. The zero-order chi connectivity index (χ0) is 16.3. The Morgan fingerprint density at radius 1 is 1.17 bits per heavy atom. The number of amides is 1. The summed E-state index contributed by atoms with van der Waals surface area (Å²) in [6, 6.07) is 12.5. The van der Waals surface area contributed by atoms with E-state index >= 15 is 0 Å². The normalized spacial score (nSPS) is 17.3. The second-order valence-electron chi connectivity index (χ2n) is 5.64. The summed E-state index contributed by atoms with van der Waals surface area (Å²) in [6.45, 7) is 0. The minimum absolute atomic E-state index is 0.0702. The van der Waals surface area contributed by atoms with E-state index in [1.807, 2.05) is 18.2 Å². The lowest BCUT2D eigenvalue weighted by Gasteiger charge is -2.26. The van der Waals surface area contributed by atoms with Crippen molar-refractivity contribution in [2.75, 3.05) is 5.75 Å². The van der Waals surface area contributed by atoms with Crippen molar-refractivity contribution in [3.05, 3.63) is 59.8 Å². The Labute approximate surface area is 135 Å². The van der Waals surface area contributed by atoms with Crippen LogP contribution in [0.25, 0.3) is 0 Å². The molecule has 0 saturated carbocycles. The highest BCUT2D eigenvalue weighted by molar-refractivity contribution is 7.92. The first-order valence-corrected chi connectivity index (χ1v) is 9.22. The van der Waals surface area contributed by atoms with E-state index in [0.29, 0.717) is 0 Å². The molecule has 1 atom stereocenters. The van der Waals surface area contributed by atoms with Crippen LogP contribution in [0.5, 0.6) is 0 Å². The van der Waals surface area contributed by atoms with E-state index in [2.05, 4.69) is 16.4 Å². The van der Waals surface area contributed by atoms with Gasteiger partial charge in [0, 0.05) is 6.20 Å². The molecule has 1 aromatic carbocycles. The first-order valence-electron chi connectivity index (χ1n) is 7.57. The Bertz CT molecular complexity index is 804. The van der Waals surface area contributed by atoms with Gasteiger partial charge in [-0.05, 0) is 42.5 Å². The number of benzene rings is 1. The third-order valence-electron chi connectivity index (χ3n) is 3.98. The van der Waals surface area contributed by atoms with Crippen LogP contribution < -0.4 is 5.32 Å². The van der Waals surface area contributed by atoms with Gasteiger partial charge in [0.05, 0.1) is 6.04 Å². The van der Waals surface area contributed by atoms with Crippen molar-refractivity contribution in [1.82, 2.24) is 10.3 Å². The molecule has 0 radical (unpaired) electrons. The van der Waals surface area contributed by atoms with Crippen LogP contribution in [0.4, 0.5) is 0 Å². The van der Waals surface area contributed by atoms with Crippen LogP contribution in [0.3, 0.4) is 0 Å². The van der Waals surface area contributed by atoms with Crippen molar-refractivity contribution in [3.63, 3.8) is 0 Å². The van der Waals surface area contributed by atoms with Gasteiger partial charge in [0.2, 0.25) is 15.7 Å². The smallest absolute Gasteiger partial charge is 0.236 e. The number of hydrogen-bond acceptors (Lipinski definition) is 4. The van der Waals surface area contributed by atoms with Crippen LogP contribution in [0.2, 0.25) is 0 Å². The second-order valence-corrected chi connectivity index (χ2v) is 7.57. The van der Waals surface area contributed by atoms with Crippen molar-refractivity contribution in [2.45, 2.75) is 30.3 Å². The molecule has 0 bridgehead atoms. The Balaban J connectivity index is 1.71. The summed E-state index contributed by atoms with van der Waals surface area (Å²) in [5.41, 5.74) is 2.30. The molecular formula is C17H18N2O3S. The van der Waals surface area contributed by atoms with E-state index in [0.717, 1.165) is 24.8 Å². The number of carbonyl (C=O) groups is 1. The van der Waals surface area contributed by atoms with Crippen LogP contribution in [-0.2, 0) is 21.1 Å². The average molecular weight is 330 g/mol. The Morgan fingerprint density at radius 3 is 2.74 bits per heavy atom. The van der Waals surface area contributed by atoms with Crippen molar-refractivity contribution in [2.24, 2.45) is 0 Å². The summed E-state index contributed by atoms with van der Waals surface area (Å²) in [4.78, 5) is 16.0. The minimum Gasteiger partial charge on any atom is -0.348 e. The molecule has 0 aliphatic heterocycles. The summed E-state index contributed by atoms with van der Waals surface area (Å²) in [6.07, 6.45) is 4.21. The number of carbonyl (C=O) groups excluding carboxylic acids is 1. The van der Waals surface area contributed by atoms with E-state index in [1.165, 1.54) is 17.8 Å². The molecule has 3 rings (SSSR count). The summed E-state index contributed by atoms with van der Waals surface area (Å²) in [7, 11) is -3.71. The van der Waals surface area contributed by atoms with Gasteiger partial charge in [-0.15, -0.1) is 0 Å². The standard InChI is InChI=1S/C17H18N2O3S/c20-16(12-23(21,22)17-10-3-4-11-18-17)19-15-9-5-7-13-6-1-2-8-14(13)15/h1-4,6,8,10-11,15H,5,7,9,12H2,(H,19,20)/t15-/m1/s1. The van der Waals surface area contributed by atoms with Gasteiger partial charge in [-0.1, -0.05) is 30.3 Å². The Kier molecular flexibility index (Phi) is 4.43. The number of nitrogens with one attached hydrogen (secondary N) is 1. The van der Waals surface area contributed by atoms with Gasteiger partial charge in [0.25, 0.3) is 0 Å². The molecule has 1 amide bonds. The van der Waals surface area contributed by atoms with E-state index in [9.17, 15) is 13.2 Å². The van der Waals surface area contributed by atoms with Crippen molar-refractivity contribution in [1.29, 1.82) is 0 Å². The lowest BCUT2D eigenvalue weighted by molar-refractivity contribution is -0.119. The van der Waals surface area contributed by atoms with Crippen LogP contribution in [0.15, 0.2) is 53.7 Å². The molecule has 0 spiro atoms. The van der Waals surface area contributed by atoms with Crippen molar-refractivity contribution in [3.8, 4) is 0 Å². The van der Waals surface area contributed by atoms with Gasteiger partial charge in [-0.3, -0.25) is 4.79 Å². The van der Waals surface area contributed by atoms with Gasteiger partial charge in [0.15, 0.2) is 5.03 Å². The van der Waals surface area contributed by atoms with E-state index < -0.39 is 21.5 Å². The molecule has 6 heteroatoms. The number of sulfone groups is 1. The summed E-state index contributed by atoms with van der Waals surface area (Å²) in [5.74, 6) is -1.07. The van der Waals surface area contributed by atoms with E-state index in [-0.39, 0.29) is 11.1 Å². The molecule has 23 heavy (non-hydrogen) atoms. The van der Waals surface area contributed by atoms with Gasteiger partial charge in [-0.25, -0.2) is 13.4 Å². The number of pyridine rings is 1. The number of rotatable bonds is 4. The first-order chi connectivity index (χ1) is 11.1. The molecule has 1 aliphatic rings. The number of nitrogens with zero attached hydrogens (tertiary/aromatic N) is 1. The number of fused-ring (bicyclic) bond motifs is 1. The summed E-state index contributed by atoms with van der Waals surface area (Å²) >= 11 is 0. The number of hydrogen-bond donors (Lipinski definition) is 1. The fraction of sp³-hybridized carbons (Fsp3) is 0.294. The maximum atomic E-state index is 12.2. The van der Waals surface area contributed by atoms with Gasteiger partial charge in [0.1, 0.15) is 5.75 Å². The first kappa shape index (κ1) is 15.7. The topological polar surface area (TPSA) is 76.1 Å². The monoisotopic (exact) mass is 330 g/mol. The predicted octanol–water partition coefficient (Wildman–Crippen LogP) is 2.05. The molecular weight excluding hydrogens is 312 g/mol. The van der Waals surface area contributed by atoms with Crippen LogP contribution in [-0.4, -0.2) is 25.1 Å². The maximum absolute atomic E-state index is 12.2. The summed E-state index contributed by atoms with van der Waals surface area (Å²) in [5, 5.41) is 2.78.